The molecule has 0 aliphatic rings. The SMILES string of the molecule is c1ccc(-c2nc(-c3cccc4c3sc3ccccc34)nc(-c3c(-n4c5ccccc5c5cc(-c6cccc7c6sc6ccccc67)ccc54)ccc4oc5ccccc5c34)n2)cc1. The Kier molecular flexibility index (Phi) is 7.66. The first-order valence-electron chi connectivity index (χ1n) is 21.3. The average Bonchev–Trinajstić information content (AvgIpc) is 4.13. The summed E-state index contributed by atoms with van der Waals surface area (Å²) >= 11 is 3.64. The summed E-state index contributed by atoms with van der Waals surface area (Å²) in [5.41, 5.74) is 9.93. The Morgan fingerprint density at radius 1 is 0.375 bits per heavy atom. The highest BCUT2D eigenvalue weighted by Gasteiger charge is 2.25. The second-order valence-electron chi connectivity index (χ2n) is 16.2. The van der Waals surface area contributed by atoms with Crippen LogP contribution in [-0.4, -0.2) is 19.5 Å². The molecular formula is C57H32N4OS2. The van der Waals surface area contributed by atoms with Gasteiger partial charge in [-0.15, -0.1) is 22.7 Å². The standard InChI is InChI=1S/C57H32N4OS2/c1-2-14-33(15-3-1)55-58-56(42-23-13-22-40-38-18-7-11-27-50(38)64-54(40)42)60-57(59-55)52-46(30-31-48-51(52)41-19-5-9-25-47(41)62-48)61-44-24-8-4-16-36(44)43-32-34(28-29-45(43)61)35-20-12-21-39-37-17-6-10-26-49(37)63-53(35)39/h1-32H. The number of furan rings is 1. The van der Waals surface area contributed by atoms with Gasteiger partial charge in [0, 0.05) is 73.0 Å². The van der Waals surface area contributed by atoms with Crippen LogP contribution in [0.2, 0.25) is 0 Å². The van der Waals surface area contributed by atoms with Gasteiger partial charge in [-0.1, -0.05) is 140 Å². The molecule has 5 heterocycles. The van der Waals surface area contributed by atoms with E-state index in [1.165, 1.54) is 57.5 Å². The molecule has 0 N–H and O–H groups in total. The lowest BCUT2D eigenvalue weighted by atomic mass is 10.0. The Morgan fingerprint density at radius 3 is 1.75 bits per heavy atom. The van der Waals surface area contributed by atoms with E-state index in [-0.39, 0.29) is 0 Å². The van der Waals surface area contributed by atoms with Crippen LogP contribution in [0.1, 0.15) is 0 Å². The van der Waals surface area contributed by atoms with E-state index < -0.39 is 0 Å². The fraction of sp³-hybridized carbons (Fsp3) is 0. The monoisotopic (exact) mass is 852 g/mol. The zero-order valence-electron chi connectivity index (χ0n) is 34.0. The van der Waals surface area contributed by atoms with Gasteiger partial charge in [-0.2, -0.15) is 0 Å². The van der Waals surface area contributed by atoms with Crippen LogP contribution in [0.4, 0.5) is 0 Å². The molecule has 7 heteroatoms. The summed E-state index contributed by atoms with van der Waals surface area (Å²) in [6, 6.07) is 68.9. The molecule has 298 valence electrons. The van der Waals surface area contributed by atoms with E-state index >= 15 is 0 Å². The van der Waals surface area contributed by atoms with E-state index in [0.29, 0.717) is 17.5 Å². The number of hydrogen-bond acceptors (Lipinski definition) is 6. The van der Waals surface area contributed by atoms with E-state index in [9.17, 15) is 0 Å². The number of benzene rings is 9. The minimum atomic E-state index is 0.577. The molecule has 9 aromatic carbocycles. The normalized spacial score (nSPS) is 12.1. The van der Waals surface area contributed by atoms with Gasteiger partial charge in [0.2, 0.25) is 0 Å². The quantitative estimate of drug-likeness (QED) is 0.173. The van der Waals surface area contributed by atoms with Crippen molar-refractivity contribution < 1.29 is 4.42 Å². The molecule has 0 fully saturated rings. The summed E-state index contributed by atoms with van der Waals surface area (Å²) in [7, 11) is 0. The second kappa shape index (κ2) is 13.8. The maximum Gasteiger partial charge on any atom is 0.166 e. The number of rotatable bonds is 5. The third-order valence-electron chi connectivity index (χ3n) is 12.7. The zero-order chi connectivity index (χ0) is 41.9. The van der Waals surface area contributed by atoms with Gasteiger partial charge in [0.15, 0.2) is 17.5 Å². The minimum Gasteiger partial charge on any atom is -0.456 e. The van der Waals surface area contributed by atoms with Gasteiger partial charge in [-0.25, -0.2) is 15.0 Å². The van der Waals surface area contributed by atoms with Crippen molar-refractivity contribution in [3.8, 4) is 51.0 Å². The van der Waals surface area contributed by atoms with E-state index in [1.807, 2.05) is 41.7 Å². The first-order valence-corrected chi connectivity index (χ1v) is 23.0. The lowest BCUT2D eigenvalue weighted by Gasteiger charge is -2.16. The van der Waals surface area contributed by atoms with Crippen molar-refractivity contribution in [3.05, 3.63) is 194 Å². The van der Waals surface area contributed by atoms with Crippen LogP contribution in [0, 0.1) is 0 Å². The summed E-state index contributed by atoms with van der Waals surface area (Å²) < 4.78 is 14.0. The topological polar surface area (TPSA) is 56.7 Å². The van der Waals surface area contributed by atoms with Gasteiger partial charge < -0.3 is 8.98 Å². The molecule has 0 radical (unpaired) electrons. The number of hydrogen-bond donors (Lipinski definition) is 0. The van der Waals surface area contributed by atoms with Crippen molar-refractivity contribution in [2.24, 2.45) is 0 Å². The van der Waals surface area contributed by atoms with Crippen LogP contribution in [0.15, 0.2) is 199 Å². The molecule has 5 nitrogen and oxygen atoms in total. The third kappa shape index (κ3) is 5.26. The zero-order valence-corrected chi connectivity index (χ0v) is 35.6. The maximum atomic E-state index is 6.63. The number of para-hydroxylation sites is 2. The van der Waals surface area contributed by atoms with Crippen LogP contribution in [0.25, 0.3) is 135 Å². The fourth-order valence-corrected chi connectivity index (χ4v) is 12.3. The van der Waals surface area contributed by atoms with Crippen LogP contribution < -0.4 is 0 Å². The van der Waals surface area contributed by atoms with Crippen LogP contribution >= 0.6 is 22.7 Å². The lowest BCUT2D eigenvalue weighted by molar-refractivity contribution is 0.669. The van der Waals surface area contributed by atoms with Crippen LogP contribution in [0.3, 0.4) is 0 Å². The molecular weight excluding hydrogens is 821 g/mol. The Bertz CT molecular complexity index is 4210. The van der Waals surface area contributed by atoms with Gasteiger partial charge in [0.25, 0.3) is 0 Å². The van der Waals surface area contributed by atoms with Gasteiger partial charge in [0.1, 0.15) is 11.2 Å². The summed E-state index contributed by atoms with van der Waals surface area (Å²) in [5, 5.41) is 9.32. The van der Waals surface area contributed by atoms with Crippen molar-refractivity contribution in [2.75, 3.05) is 0 Å². The van der Waals surface area contributed by atoms with E-state index in [0.717, 1.165) is 60.0 Å². The highest BCUT2D eigenvalue weighted by molar-refractivity contribution is 7.26. The molecule has 0 aliphatic carbocycles. The number of fused-ring (bicyclic) bond motifs is 12. The van der Waals surface area contributed by atoms with E-state index in [4.69, 9.17) is 19.4 Å². The second-order valence-corrected chi connectivity index (χ2v) is 18.4. The number of thiophene rings is 2. The van der Waals surface area contributed by atoms with Gasteiger partial charge in [0.05, 0.1) is 22.3 Å². The molecule has 0 amide bonds. The summed E-state index contributed by atoms with van der Waals surface area (Å²) in [5.74, 6) is 1.81. The smallest absolute Gasteiger partial charge is 0.166 e. The predicted octanol–water partition coefficient (Wildman–Crippen LogP) is 16.3. The molecule has 0 aliphatic heterocycles. The highest BCUT2D eigenvalue weighted by Crippen LogP contribution is 2.46. The van der Waals surface area contributed by atoms with Crippen molar-refractivity contribution >= 4 is 107 Å². The highest BCUT2D eigenvalue weighted by atomic mass is 32.1. The predicted molar refractivity (Wildman–Crippen MR) is 269 cm³/mol. The molecule has 5 aromatic heterocycles. The van der Waals surface area contributed by atoms with Gasteiger partial charge >= 0.3 is 0 Å². The molecule has 0 spiro atoms. The van der Waals surface area contributed by atoms with Crippen molar-refractivity contribution in [1.82, 2.24) is 19.5 Å². The molecule has 14 rings (SSSR count). The van der Waals surface area contributed by atoms with Gasteiger partial charge in [-0.05, 0) is 65.7 Å². The Hall–Kier alpha value is -7.97. The summed E-state index contributed by atoms with van der Waals surface area (Å²) in [4.78, 5) is 16.2. The Morgan fingerprint density at radius 2 is 0.969 bits per heavy atom. The molecule has 14 aromatic rings. The third-order valence-corrected chi connectivity index (χ3v) is 15.1. The number of nitrogens with zero attached hydrogens (tertiary/aromatic N) is 4. The maximum absolute atomic E-state index is 6.63. The first kappa shape index (κ1) is 35.6. The van der Waals surface area contributed by atoms with Crippen LogP contribution in [0.5, 0.6) is 0 Å². The molecule has 0 atom stereocenters. The average molecular weight is 853 g/mol. The van der Waals surface area contributed by atoms with Crippen molar-refractivity contribution in [3.63, 3.8) is 0 Å². The Labute approximate surface area is 373 Å². The summed E-state index contributed by atoms with van der Waals surface area (Å²) in [6.07, 6.45) is 0. The lowest BCUT2D eigenvalue weighted by Crippen LogP contribution is -2.04. The first-order chi connectivity index (χ1) is 31.7. The summed E-state index contributed by atoms with van der Waals surface area (Å²) in [6.45, 7) is 0. The minimum absolute atomic E-state index is 0.577. The van der Waals surface area contributed by atoms with Crippen molar-refractivity contribution in [2.45, 2.75) is 0 Å². The van der Waals surface area contributed by atoms with Crippen LogP contribution in [-0.2, 0) is 0 Å². The Balaban J connectivity index is 1.07. The largest absolute Gasteiger partial charge is 0.456 e. The number of aromatic nitrogens is 4. The van der Waals surface area contributed by atoms with Gasteiger partial charge in [-0.3, -0.25) is 0 Å². The molecule has 0 saturated carbocycles. The van der Waals surface area contributed by atoms with E-state index in [1.54, 1.807) is 11.3 Å². The van der Waals surface area contributed by atoms with Crippen molar-refractivity contribution in [1.29, 1.82) is 0 Å². The fourth-order valence-electron chi connectivity index (χ4n) is 9.84. The molecule has 64 heavy (non-hydrogen) atoms. The van der Waals surface area contributed by atoms with E-state index in [2.05, 4.69) is 168 Å². The molecule has 0 unspecified atom stereocenters. The molecule has 0 bridgehead atoms. The molecule has 0 saturated heterocycles.